The van der Waals surface area contributed by atoms with E-state index in [0.29, 0.717) is 24.9 Å². The zero-order valence-electron chi connectivity index (χ0n) is 21.7. The van der Waals surface area contributed by atoms with Gasteiger partial charge in [-0.2, -0.15) is 0 Å². The number of amides is 3. The van der Waals surface area contributed by atoms with Crippen LogP contribution in [-0.2, 0) is 30.4 Å². The van der Waals surface area contributed by atoms with Crippen molar-refractivity contribution in [3.63, 3.8) is 0 Å². The maximum Gasteiger partial charge on any atom is 0.326 e. The van der Waals surface area contributed by atoms with Crippen LogP contribution in [0.5, 0.6) is 5.75 Å². The van der Waals surface area contributed by atoms with Crippen LogP contribution in [0.1, 0.15) is 51.5 Å². The minimum atomic E-state index is -1.35. The van der Waals surface area contributed by atoms with Crippen LogP contribution in [0.3, 0.4) is 0 Å². The predicted molar refractivity (Wildman–Crippen MR) is 138 cm³/mol. The summed E-state index contributed by atoms with van der Waals surface area (Å²) in [6.07, 6.45) is 0.514. The molecule has 0 heterocycles. The second-order valence-corrected chi connectivity index (χ2v) is 9.38. The second-order valence-electron chi connectivity index (χ2n) is 9.38. The maximum atomic E-state index is 13.1. The molecule has 3 amide bonds. The number of phenolic OH excluding ortho intramolecular Hbond substituents is 1. The summed E-state index contributed by atoms with van der Waals surface area (Å²) in [6, 6.07) is 1.44. The lowest BCUT2D eigenvalue weighted by Gasteiger charge is -2.27. The van der Waals surface area contributed by atoms with Gasteiger partial charge < -0.3 is 42.7 Å². The van der Waals surface area contributed by atoms with Crippen molar-refractivity contribution in [2.75, 3.05) is 6.54 Å². The molecule has 0 aliphatic rings. The molecule has 4 atom stereocenters. The van der Waals surface area contributed by atoms with Crippen molar-refractivity contribution in [1.82, 2.24) is 16.0 Å². The third-order valence-electron chi connectivity index (χ3n) is 5.82. The molecule has 0 fully saturated rings. The molecule has 0 radical (unpaired) electrons. The van der Waals surface area contributed by atoms with Crippen molar-refractivity contribution in [3.05, 3.63) is 29.8 Å². The van der Waals surface area contributed by atoms with Gasteiger partial charge in [0.2, 0.25) is 17.7 Å². The largest absolute Gasteiger partial charge is 0.508 e. The molecule has 0 aliphatic heterocycles. The minimum Gasteiger partial charge on any atom is -0.508 e. The number of benzene rings is 1. The number of hydrogen-bond donors (Lipinski definition) is 8. The Kier molecular flexibility index (Phi) is 13.8. The molecule has 38 heavy (non-hydrogen) atoms. The number of unbranched alkanes of at least 4 members (excludes halogenated alkanes) is 1. The molecule has 0 bridgehead atoms. The lowest BCUT2D eigenvalue weighted by molar-refractivity contribution is -0.143. The Morgan fingerprint density at radius 1 is 0.842 bits per heavy atom. The molecule has 0 spiro atoms. The van der Waals surface area contributed by atoms with Gasteiger partial charge in [-0.05, 0) is 62.3 Å². The van der Waals surface area contributed by atoms with E-state index in [-0.39, 0.29) is 25.0 Å². The first-order chi connectivity index (χ1) is 17.8. The summed E-state index contributed by atoms with van der Waals surface area (Å²) in [5, 5.41) is 35.3. The molecule has 1 aromatic carbocycles. The number of hydrogen-bond acceptors (Lipinski definition) is 8. The van der Waals surface area contributed by atoms with Crippen molar-refractivity contribution >= 4 is 29.7 Å². The van der Waals surface area contributed by atoms with Crippen molar-refractivity contribution in [3.8, 4) is 5.75 Å². The Balaban J connectivity index is 2.93. The molecule has 1 rings (SSSR count). The van der Waals surface area contributed by atoms with E-state index >= 15 is 0 Å². The quantitative estimate of drug-likeness (QED) is 0.118. The maximum absolute atomic E-state index is 13.1. The average Bonchev–Trinajstić information content (AvgIpc) is 2.84. The van der Waals surface area contributed by atoms with Crippen molar-refractivity contribution in [2.24, 2.45) is 17.4 Å². The molecule has 10 N–H and O–H groups in total. The molecule has 0 aliphatic carbocycles. The molecule has 1 aromatic rings. The first-order valence-corrected chi connectivity index (χ1v) is 12.4. The summed E-state index contributed by atoms with van der Waals surface area (Å²) in [5.74, 6) is -5.05. The number of carboxylic acids is 2. The first-order valence-electron chi connectivity index (χ1n) is 12.4. The number of rotatable bonds is 17. The molecule has 13 heteroatoms. The van der Waals surface area contributed by atoms with Crippen LogP contribution in [-0.4, -0.2) is 75.7 Å². The average molecular weight is 538 g/mol. The summed E-state index contributed by atoms with van der Waals surface area (Å²) in [7, 11) is 0. The normalized spacial score (nSPS) is 14.1. The Bertz CT molecular complexity index is 954. The Labute approximate surface area is 221 Å². The summed E-state index contributed by atoms with van der Waals surface area (Å²) in [6.45, 7) is 3.69. The number of nitrogens with one attached hydrogen (secondary N) is 3. The number of carbonyl (C=O) groups is 5. The third kappa shape index (κ3) is 11.6. The van der Waals surface area contributed by atoms with Crippen LogP contribution >= 0.6 is 0 Å². The second kappa shape index (κ2) is 16.2. The van der Waals surface area contributed by atoms with E-state index in [1.807, 2.05) is 0 Å². The highest BCUT2D eigenvalue weighted by atomic mass is 16.4. The van der Waals surface area contributed by atoms with Crippen LogP contribution < -0.4 is 27.4 Å². The fraction of sp³-hybridized carbons (Fsp3) is 0.560. The molecule has 0 saturated heterocycles. The molecule has 13 nitrogen and oxygen atoms in total. The summed E-state index contributed by atoms with van der Waals surface area (Å²) < 4.78 is 0. The molecule has 212 valence electrons. The smallest absolute Gasteiger partial charge is 0.326 e. The fourth-order valence-corrected chi connectivity index (χ4v) is 3.59. The number of aliphatic carboxylic acids is 2. The van der Waals surface area contributed by atoms with Crippen LogP contribution in [0.2, 0.25) is 0 Å². The molecular formula is C25H39N5O8. The monoisotopic (exact) mass is 537 g/mol. The van der Waals surface area contributed by atoms with E-state index in [4.69, 9.17) is 16.6 Å². The van der Waals surface area contributed by atoms with Gasteiger partial charge in [-0.1, -0.05) is 26.0 Å². The summed E-state index contributed by atoms with van der Waals surface area (Å²) in [4.78, 5) is 61.3. The lowest BCUT2D eigenvalue weighted by atomic mass is 10.00. The Morgan fingerprint density at radius 3 is 1.97 bits per heavy atom. The van der Waals surface area contributed by atoms with E-state index in [9.17, 15) is 34.2 Å². The molecule has 0 saturated carbocycles. The van der Waals surface area contributed by atoms with E-state index in [1.165, 1.54) is 12.1 Å². The molecular weight excluding hydrogens is 498 g/mol. The number of carboxylic acid groups (broad SMARTS) is 2. The van der Waals surface area contributed by atoms with Gasteiger partial charge in [0, 0.05) is 6.42 Å². The van der Waals surface area contributed by atoms with Crippen LogP contribution in [0.25, 0.3) is 0 Å². The number of phenols is 1. The van der Waals surface area contributed by atoms with E-state index in [0.717, 1.165) is 0 Å². The molecule has 4 unspecified atom stereocenters. The Morgan fingerprint density at radius 2 is 1.45 bits per heavy atom. The van der Waals surface area contributed by atoms with Crippen LogP contribution in [0.15, 0.2) is 24.3 Å². The van der Waals surface area contributed by atoms with Crippen LogP contribution in [0, 0.1) is 5.92 Å². The van der Waals surface area contributed by atoms with Gasteiger partial charge in [0.25, 0.3) is 0 Å². The summed E-state index contributed by atoms with van der Waals surface area (Å²) >= 11 is 0. The lowest BCUT2D eigenvalue weighted by Crippen LogP contribution is -2.58. The fourth-order valence-electron chi connectivity index (χ4n) is 3.59. The topological polar surface area (TPSA) is 234 Å². The van der Waals surface area contributed by atoms with Crippen LogP contribution in [0.4, 0.5) is 0 Å². The van der Waals surface area contributed by atoms with E-state index < -0.39 is 66.2 Å². The van der Waals surface area contributed by atoms with Gasteiger partial charge in [0.05, 0.1) is 6.04 Å². The first kappa shape index (κ1) is 32.3. The minimum absolute atomic E-state index is 0.0649. The SMILES string of the molecule is CC(C)C(NC(=O)C(N)Cc1ccc(O)cc1)C(=O)NC(CCC(=O)O)C(=O)NC(CCCCN)C(=O)O. The predicted octanol–water partition coefficient (Wildman–Crippen LogP) is -0.549. The van der Waals surface area contributed by atoms with E-state index in [2.05, 4.69) is 16.0 Å². The number of aromatic hydroxyl groups is 1. The Hall–Kier alpha value is -3.71. The highest BCUT2D eigenvalue weighted by Crippen LogP contribution is 2.12. The van der Waals surface area contributed by atoms with Crippen molar-refractivity contribution < 1.29 is 39.3 Å². The van der Waals surface area contributed by atoms with Gasteiger partial charge in [0.15, 0.2) is 0 Å². The van der Waals surface area contributed by atoms with E-state index in [1.54, 1.807) is 26.0 Å². The van der Waals surface area contributed by atoms with Crippen molar-refractivity contribution in [2.45, 2.75) is 76.5 Å². The standard InChI is InChI=1S/C25H39N5O8/c1-14(2)21(30-22(34)17(27)13-15-6-8-16(31)9-7-15)24(36)28-18(10-11-20(32)33)23(35)29-19(25(37)38)5-3-4-12-26/h6-9,14,17-19,21,31H,3-5,10-13,26-27H2,1-2H3,(H,28,36)(H,29,35)(H,30,34)(H,32,33)(H,37,38). The van der Waals surface area contributed by atoms with Gasteiger partial charge in [-0.3, -0.25) is 19.2 Å². The summed E-state index contributed by atoms with van der Waals surface area (Å²) in [5.41, 5.74) is 12.1. The van der Waals surface area contributed by atoms with Gasteiger partial charge in [0.1, 0.15) is 23.9 Å². The zero-order valence-corrected chi connectivity index (χ0v) is 21.7. The van der Waals surface area contributed by atoms with Crippen molar-refractivity contribution in [1.29, 1.82) is 0 Å². The van der Waals surface area contributed by atoms with Gasteiger partial charge in [-0.25, -0.2) is 4.79 Å². The highest BCUT2D eigenvalue weighted by molar-refractivity contribution is 5.94. The highest BCUT2D eigenvalue weighted by Gasteiger charge is 2.32. The third-order valence-corrected chi connectivity index (χ3v) is 5.82. The number of nitrogens with two attached hydrogens (primary N) is 2. The number of carbonyl (C=O) groups excluding carboxylic acids is 3. The van der Waals surface area contributed by atoms with Gasteiger partial charge in [-0.15, -0.1) is 0 Å². The molecule has 0 aromatic heterocycles. The van der Waals surface area contributed by atoms with Gasteiger partial charge >= 0.3 is 11.9 Å². The zero-order chi connectivity index (χ0) is 28.8.